The van der Waals surface area contributed by atoms with Gasteiger partial charge in [-0.15, -0.1) is 23.1 Å². The summed E-state index contributed by atoms with van der Waals surface area (Å²) in [6.07, 6.45) is 2.03. The quantitative estimate of drug-likeness (QED) is 0.282. The van der Waals surface area contributed by atoms with Crippen LogP contribution in [0.5, 0.6) is 0 Å². The Balaban J connectivity index is 1.39. The number of aromatic nitrogens is 1. The Morgan fingerprint density at radius 3 is 2.66 bits per heavy atom. The van der Waals surface area contributed by atoms with Crippen molar-refractivity contribution in [3.63, 3.8) is 0 Å². The molecule has 2 aromatic carbocycles. The number of rotatable bonds is 8. The molecule has 32 heavy (non-hydrogen) atoms. The van der Waals surface area contributed by atoms with Gasteiger partial charge >= 0.3 is 0 Å². The van der Waals surface area contributed by atoms with Crippen molar-refractivity contribution < 1.29 is 9.59 Å². The number of carbonyl (C=O) groups is 2. The summed E-state index contributed by atoms with van der Waals surface area (Å²) < 4.78 is 2.10. The predicted octanol–water partition coefficient (Wildman–Crippen LogP) is 6.17. The largest absolute Gasteiger partial charge is 0.350 e. The Labute approximate surface area is 203 Å². The molecule has 4 rings (SSSR count). The zero-order chi connectivity index (χ0) is 22.5. The molecule has 0 aliphatic rings. The molecule has 0 bridgehead atoms. The van der Waals surface area contributed by atoms with E-state index in [-0.39, 0.29) is 17.6 Å². The monoisotopic (exact) mass is 503 g/mol. The van der Waals surface area contributed by atoms with E-state index in [4.69, 9.17) is 23.2 Å². The van der Waals surface area contributed by atoms with Gasteiger partial charge < -0.3 is 15.2 Å². The first kappa shape index (κ1) is 22.7. The molecule has 2 N–H and O–H groups in total. The van der Waals surface area contributed by atoms with Gasteiger partial charge in [-0.3, -0.25) is 9.59 Å². The van der Waals surface area contributed by atoms with Gasteiger partial charge in [0.05, 0.1) is 20.7 Å². The maximum absolute atomic E-state index is 12.4. The Morgan fingerprint density at radius 1 is 1.03 bits per heavy atom. The highest BCUT2D eigenvalue weighted by atomic mass is 35.5. The highest BCUT2D eigenvalue weighted by Gasteiger charge is 2.12. The van der Waals surface area contributed by atoms with Crippen LogP contribution in [0, 0.1) is 0 Å². The normalized spacial score (nSPS) is 10.9. The molecule has 5 nitrogen and oxygen atoms in total. The minimum Gasteiger partial charge on any atom is -0.350 e. The molecular formula is C23H19Cl2N3O2S2. The van der Waals surface area contributed by atoms with Crippen LogP contribution in [0.1, 0.15) is 9.67 Å². The van der Waals surface area contributed by atoms with Gasteiger partial charge in [0.2, 0.25) is 5.91 Å². The molecule has 0 fully saturated rings. The van der Waals surface area contributed by atoms with Crippen molar-refractivity contribution >= 4 is 74.7 Å². The molecule has 0 saturated carbocycles. The number of nitrogens with one attached hydrogen (secondary N) is 2. The zero-order valence-electron chi connectivity index (χ0n) is 16.8. The number of halogens is 2. The lowest BCUT2D eigenvalue weighted by Crippen LogP contribution is -2.26. The first-order chi connectivity index (χ1) is 15.5. The van der Waals surface area contributed by atoms with Crippen LogP contribution in [0.25, 0.3) is 10.9 Å². The Morgan fingerprint density at radius 2 is 1.88 bits per heavy atom. The van der Waals surface area contributed by atoms with Crippen LogP contribution in [-0.4, -0.2) is 28.7 Å². The third-order valence-electron chi connectivity index (χ3n) is 4.70. The standard InChI is InChI=1S/C23H19Cl2N3O2S2/c24-17-8-7-15(12-18(17)25)27-22(29)14-32-21-13-28(19-5-2-1-4-16(19)21)10-9-26-23(30)20-6-3-11-31-20/h1-8,11-13H,9-10,14H2,(H,26,30)(H,27,29). The molecule has 2 heterocycles. The number of thiophene rings is 1. The fraction of sp³-hybridized carbons (Fsp3) is 0.130. The SMILES string of the molecule is O=C(CSc1cn(CCNC(=O)c2cccs2)c2ccccc12)Nc1ccc(Cl)c(Cl)c1. The molecule has 0 spiro atoms. The molecular weight excluding hydrogens is 485 g/mol. The number of amides is 2. The van der Waals surface area contributed by atoms with Gasteiger partial charge in [-0.25, -0.2) is 0 Å². The van der Waals surface area contributed by atoms with Crippen molar-refractivity contribution in [1.29, 1.82) is 0 Å². The van der Waals surface area contributed by atoms with Crippen LogP contribution in [0.3, 0.4) is 0 Å². The maximum atomic E-state index is 12.4. The molecule has 0 atom stereocenters. The van der Waals surface area contributed by atoms with E-state index >= 15 is 0 Å². The summed E-state index contributed by atoms with van der Waals surface area (Å²) in [4.78, 5) is 26.3. The lowest BCUT2D eigenvalue weighted by Gasteiger charge is -2.06. The second-order valence-electron chi connectivity index (χ2n) is 6.90. The first-order valence-corrected chi connectivity index (χ1v) is 12.4. The van der Waals surface area contributed by atoms with E-state index in [1.165, 1.54) is 23.1 Å². The number of carbonyl (C=O) groups excluding carboxylic acids is 2. The number of hydrogen-bond acceptors (Lipinski definition) is 4. The number of benzene rings is 2. The van der Waals surface area contributed by atoms with Gasteiger partial charge in [0.1, 0.15) is 0 Å². The first-order valence-electron chi connectivity index (χ1n) is 9.78. The average Bonchev–Trinajstić information content (AvgIpc) is 3.44. The smallest absolute Gasteiger partial charge is 0.261 e. The molecule has 2 amide bonds. The van der Waals surface area contributed by atoms with Crippen LogP contribution in [0.2, 0.25) is 10.0 Å². The molecule has 0 aliphatic heterocycles. The lowest BCUT2D eigenvalue weighted by atomic mass is 10.2. The van der Waals surface area contributed by atoms with E-state index in [2.05, 4.69) is 15.2 Å². The molecule has 0 radical (unpaired) electrons. The highest BCUT2D eigenvalue weighted by molar-refractivity contribution is 8.00. The van der Waals surface area contributed by atoms with E-state index in [0.29, 0.717) is 33.7 Å². The Hall–Kier alpha value is -2.45. The minimum atomic E-state index is -0.131. The van der Waals surface area contributed by atoms with Crippen molar-refractivity contribution in [1.82, 2.24) is 9.88 Å². The molecule has 2 aromatic heterocycles. The minimum absolute atomic E-state index is 0.0648. The Kier molecular flexibility index (Phi) is 7.42. The highest BCUT2D eigenvalue weighted by Crippen LogP contribution is 2.30. The average molecular weight is 504 g/mol. The third kappa shape index (κ3) is 5.48. The summed E-state index contributed by atoms with van der Waals surface area (Å²) in [7, 11) is 0. The van der Waals surface area contributed by atoms with E-state index in [1.54, 1.807) is 18.2 Å². The molecule has 0 saturated heterocycles. The number of para-hydroxylation sites is 1. The van der Waals surface area contributed by atoms with Gasteiger partial charge in [-0.1, -0.05) is 47.5 Å². The fourth-order valence-corrected chi connectivity index (χ4v) is 5.04. The van der Waals surface area contributed by atoms with Crippen LogP contribution in [0.4, 0.5) is 5.69 Å². The van der Waals surface area contributed by atoms with Crippen LogP contribution in [-0.2, 0) is 11.3 Å². The van der Waals surface area contributed by atoms with Gasteiger partial charge in [0.25, 0.3) is 5.91 Å². The van der Waals surface area contributed by atoms with Crippen molar-refractivity contribution in [2.45, 2.75) is 11.4 Å². The summed E-state index contributed by atoms with van der Waals surface area (Å²) >= 11 is 14.8. The summed E-state index contributed by atoms with van der Waals surface area (Å²) in [6.45, 7) is 1.14. The summed E-state index contributed by atoms with van der Waals surface area (Å²) in [5.74, 6) is 0.0575. The van der Waals surface area contributed by atoms with Crippen LogP contribution >= 0.6 is 46.3 Å². The molecule has 164 valence electrons. The van der Waals surface area contributed by atoms with Crippen molar-refractivity contribution in [3.8, 4) is 0 Å². The van der Waals surface area contributed by atoms with E-state index < -0.39 is 0 Å². The van der Waals surface area contributed by atoms with E-state index in [1.807, 2.05) is 48.0 Å². The third-order valence-corrected chi connectivity index (χ3v) is 7.35. The van der Waals surface area contributed by atoms with Crippen LogP contribution in [0.15, 0.2) is 71.1 Å². The van der Waals surface area contributed by atoms with Crippen molar-refractivity contribution in [2.75, 3.05) is 17.6 Å². The predicted molar refractivity (Wildman–Crippen MR) is 134 cm³/mol. The number of anilines is 1. The second-order valence-corrected chi connectivity index (χ2v) is 9.68. The van der Waals surface area contributed by atoms with Crippen molar-refractivity contribution in [2.24, 2.45) is 0 Å². The van der Waals surface area contributed by atoms with E-state index in [9.17, 15) is 9.59 Å². The number of hydrogen-bond donors (Lipinski definition) is 2. The Bertz CT molecular complexity index is 1260. The summed E-state index contributed by atoms with van der Waals surface area (Å²) in [5.41, 5.74) is 1.67. The molecule has 4 aromatic rings. The fourth-order valence-electron chi connectivity index (χ4n) is 3.21. The van der Waals surface area contributed by atoms with Crippen molar-refractivity contribution in [3.05, 3.63) is 81.1 Å². The van der Waals surface area contributed by atoms with E-state index in [0.717, 1.165) is 15.8 Å². The number of thioether (sulfide) groups is 1. The van der Waals surface area contributed by atoms with Gasteiger partial charge in [0, 0.05) is 40.8 Å². The van der Waals surface area contributed by atoms with Gasteiger partial charge in [-0.05, 0) is 35.7 Å². The number of fused-ring (bicyclic) bond motifs is 1. The summed E-state index contributed by atoms with van der Waals surface area (Å²) in [6, 6.07) is 16.7. The van der Waals surface area contributed by atoms with Gasteiger partial charge in [0.15, 0.2) is 0 Å². The molecule has 0 unspecified atom stereocenters. The second kappa shape index (κ2) is 10.4. The topological polar surface area (TPSA) is 63.1 Å². The van der Waals surface area contributed by atoms with Crippen LogP contribution < -0.4 is 10.6 Å². The molecule has 9 heteroatoms. The lowest BCUT2D eigenvalue weighted by molar-refractivity contribution is -0.113. The molecule has 0 aliphatic carbocycles. The summed E-state index contributed by atoms with van der Waals surface area (Å²) in [5, 5.41) is 9.59. The number of nitrogens with zero attached hydrogens (tertiary/aromatic N) is 1. The maximum Gasteiger partial charge on any atom is 0.261 e. The zero-order valence-corrected chi connectivity index (χ0v) is 20.0. The van der Waals surface area contributed by atoms with Gasteiger partial charge in [-0.2, -0.15) is 0 Å².